The molecule has 0 aliphatic carbocycles. The van der Waals surface area contributed by atoms with Crippen molar-refractivity contribution in [1.82, 2.24) is 9.97 Å². The lowest BCUT2D eigenvalue weighted by molar-refractivity contribution is -0.123. The van der Waals surface area contributed by atoms with Crippen LogP contribution in [0.15, 0.2) is 47.3 Å². The standard InChI is InChI=1S/C20H14Cl3N5O3/c21-9-2-1-3-11(6-9)24-18(30)12-8-15(29)26-17-16(12)19(31)28-20(27-17)25-14-5-4-10(22)7-13(14)23/h1-7,12H,8H2,(H,24,30)(H3,25,26,27,28,29,31)/t12-/m1/s1. The third kappa shape index (κ3) is 4.66. The van der Waals surface area contributed by atoms with Crippen LogP contribution in [0.1, 0.15) is 17.9 Å². The van der Waals surface area contributed by atoms with Crippen LogP contribution in [-0.4, -0.2) is 21.8 Å². The van der Waals surface area contributed by atoms with Crippen LogP contribution < -0.4 is 21.5 Å². The number of fused-ring (bicyclic) bond motifs is 1. The van der Waals surface area contributed by atoms with Crippen molar-refractivity contribution in [3.63, 3.8) is 0 Å². The molecule has 31 heavy (non-hydrogen) atoms. The Morgan fingerprint density at radius 3 is 2.58 bits per heavy atom. The highest BCUT2D eigenvalue weighted by Gasteiger charge is 2.34. The van der Waals surface area contributed by atoms with E-state index in [-0.39, 0.29) is 23.8 Å². The van der Waals surface area contributed by atoms with E-state index in [1.165, 1.54) is 6.07 Å². The van der Waals surface area contributed by atoms with E-state index in [1.807, 2.05) is 0 Å². The number of hydrogen-bond acceptors (Lipinski definition) is 5. The maximum absolute atomic E-state index is 12.8. The topological polar surface area (TPSA) is 116 Å². The number of benzene rings is 2. The minimum atomic E-state index is -1.02. The van der Waals surface area contributed by atoms with Crippen LogP contribution in [0.25, 0.3) is 0 Å². The van der Waals surface area contributed by atoms with E-state index in [9.17, 15) is 14.4 Å². The third-order valence-electron chi connectivity index (χ3n) is 4.54. The number of rotatable bonds is 4. The molecule has 4 N–H and O–H groups in total. The van der Waals surface area contributed by atoms with Gasteiger partial charge in [0, 0.05) is 22.2 Å². The lowest BCUT2D eigenvalue weighted by Gasteiger charge is -2.23. The smallest absolute Gasteiger partial charge is 0.258 e. The summed E-state index contributed by atoms with van der Waals surface area (Å²) in [5.41, 5.74) is 0.396. The van der Waals surface area contributed by atoms with Gasteiger partial charge in [-0.25, -0.2) is 0 Å². The van der Waals surface area contributed by atoms with Gasteiger partial charge in [0.2, 0.25) is 17.8 Å². The molecule has 1 aromatic heterocycles. The number of hydrogen-bond donors (Lipinski definition) is 4. The Bertz CT molecular complexity index is 1260. The van der Waals surface area contributed by atoms with Gasteiger partial charge in [-0.15, -0.1) is 0 Å². The zero-order chi connectivity index (χ0) is 22.1. The van der Waals surface area contributed by atoms with E-state index in [4.69, 9.17) is 34.8 Å². The molecule has 1 atom stereocenters. The van der Waals surface area contributed by atoms with Crippen molar-refractivity contribution in [1.29, 1.82) is 0 Å². The van der Waals surface area contributed by atoms with Gasteiger partial charge >= 0.3 is 0 Å². The summed E-state index contributed by atoms with van der Waals surface area (Å²) in [7, 11) is 0. The molecule has 0 bridgehead atoms. The van der Waals surface area contributed by atoms with Gasteiger partial charge in [-0.2, -0.15) is 4.98 Å². The number of nitrogens with one attached hydrogen (secondary N) is 4. The number of carbonyl (C=O) groups is 2. The molecule has 1 aliphatic rings. The molecular formula is C20H14Cl3N5O3. The first kappa shape index (κ1) is 21.2. The summed E-state index contributed by atoms with van der Waals surface area (Å²) in [5.74, 6) is -1.94. The molecule has 1 aliphatic heterocycles. The van der Waals surface area contributed by atoms with Gasteiger partial charge in [0.25, 0.3) is 5.56 Å². The first-order valence-electron chi connectivity index (χ1n) is 9.03. The molecule has 2 aromatic carbocycles. The van der Waals surface area contributed by atoms with Gasteiger partial charge in [-0.05, 0) is 36.4 Å². The number of aromatic amines is 1. The summed E-state index contributed by atoms with van der Waals surface area (Å²) < 4.78 is 0. The molecule has 158 valence electrons. The summed E-state index contributed by atoms with van der Waals surface area (Å²) in [6.07, 6.45) is -0.194. The zero-order valence-electron chi connectivity index (χ0n) is 15.6. The SMILES string of the molecule is O=C1C[C@@H](C(=O)Nc2cccc(Cl)c2)c2c(nc(Nc3ccc(Cl)cc3Cl)[nH]c2=O)N1. The summed E-state index contributed by atoms with van der Waals surface area (Å²) in [6, 6.07) is 11.3. The van der Waals surface area contributed by atoms with E-state index >= 15 is 0 Å². The third-order valence-corrected chi connectivity index (χ3v) is 5.33. The second-order valence-electron chi connectivity index (χ2n) is 6.73. The Hall–Kier alpha value is -3.07. The van der Waals surface area contributed by atoms with E-state index in [2.05, 4.69) is 25.9 Å². The highest BCUT2D eigenvalue weighted by molar-refractivity contribution is 6.36. The number of halogens is 3. The molecule has 11 heteroatoms. The molecule has 0 spiro atoms. The van der Waals surface area contributed by atoms with Crippen molar-refractivity contribution < 1.29 is 9.59 Å². The molecule has 0 saturated heterocycles. The Morgan fingerprint density at radius 1 is 1.06 bits per heavy atom. The van der Waals surface area contributed by atoms with Crippen LogP contribution in [-0.2, 0) is 9.59 Å². The van der Waals surface area contributed by atoms with Crippen molar-refractivity contribution >= 4 is 69.8 Å². The molecular weight excluding hydrogens is 465 g/mol. The van der Waals surface area contributed by atoms with Crippen molar-refractivity contribution in [2.75, 3.05) is 16.0 Å². The summed E-state index contributed by atoms with van der Waals surface area (Å²) >= 11 is 18.0. The van der Waals surface area contributed by atoms with Crippen molar-refractivity contribution in [3.8, 4) is 0 Å². The van der Waals surface area contributed by atoms with Gasteiger partial charge in [-0.1, -0.05) is 40.9 Å². The fourth-order valence-corrected chi connectivity index (χ4v) is 3.81. The quantitative estimate of drug-likeness (QED) is 0.439. The van der Waals surface area contributed by atoms with Crippen LogP contribution in [0.5, 0.6) is 0 Å². The predicted octanol–water partition coefficient (Wildman–Crippen LogP) is 4.54. The minimum absolute atomic E-state index is 0.00108. The van der Waals surface area contributed by atoms with Crippen molar-refractivity contribution in [2.24, 2.45) is 0 Å². The molecule has 0 saturated carbocycles. The highest BCUT2D eigenvalue weighted by atomic mass is 35.5. The number of anilines is 4. The average molecular weight is 479 g/mol. The van der Waals surface area contributed by atoms with Crippen LogP contribution in [0.2, 0.25) is 15.1 Å². The minimum Gasteiger partial charge on any atom is -0.325 e. The average Bonchev–Trinajstić information content (AvgIpc) is 2.69. The molecule has 4 rings (SSSR count). The fraction of sp³-hybridized carbons (Fsp3) is 0.100. The van der Waals surface area contributed by atoms with E-state index < -0.39 is 23.3 Å². The summed E-state index contributed by atoms with van der Waals surface area (Å²) in [6.45, 7) is 0. The van der Waals surface area contributed by atoms with Gasteiger partial charge in [0.05, 0.1) is 22.2 Å². The van der Waals surface area contributed by atoms with Crippen molar-refractivity contribution in [3.05, 3.63) is 73.4 Å². The Labute approximate surface area is 190 Å². The number of amides is 2. The lowest BCUT2D eigenvalue weighted by Crippen LogP contribution is -2.36. The largest absolute Gasteiger partial charge is 0.325 e. The van der Waals surface area contributed by atoms with Crippen molar-refractivity contribution in [2.45, 2.75) is 12.3 Å². The Balaban J connectivity index is 1.65. The van der Waals surface area contributed by atoms with E-state index in [1.54, 1.807) is 36.4 Å². The van der Waals surface area contributed by atoms with Gasteiger partial charge in [0.1, 0.15) is 5.82 Å². The van der Waals surface area contributed by atoms with Crippen LogP contribution in [0.3, 0.4) is 0 Å². The number of carbonyl (C=O) groups excluding carboxylic acids is 2. The first-order valence-corrected chi connectivity index (χ1v) is 10.2. The number of aromatic nitrogens is 2. The maximum atomic E-state index is 12.8. The van der Waals surface area contributed by atoms with Gasteiger partial charge in [0.15, 0.2) is 0 Å². The summed E-state index contributed by atoms with van der Waals surface area (Å²) in [4.78, 5) is 44.7. The van der Waals surface area contributed by atoms with Gasteiger partial charge < -0.3 is 16.0 Å². The molecule has 0 unspecified atom stereocenters. The summed E-state index contributed by atoms with van der Waals surface area (Å²) in [5, 5.41) is 9.30. The molecule has 0 fully saturated rings. The normalized spacial score (nSPS) is 15.1. The maximum Gasteiger partial charge on any atom is 0.258 e. The zero-order valence-corrected chi connectivity index (χ0v) is 17.9. The molecule has 2 amide bonds. The van der Waals surface area contributed by atoms with Crippen LogP contribution >= 0.6 is 34.8 Å². The Morgan fingerprint density at radius 2 is 1.84 bits per heavy atom. The molecule has 8 nitrogen and oxygen atoms in total. The molecule has 0 radical (unpaired) electrons. The highest BCUT2D eigenvalue weighted by Crippen LogP contribution is 2.31. The Kier molecular flexibility index (Phi) is 5.86. The molecule has 3 aromatic rings. The predicted molar refractivity (Wildman–Crippen MR) is 121 cm³/mol. The second-order valence-corrected chi connectivity index (χ2v) is 8.01. The van der Waals surface area contributed by atoms with Gasteiger partial charge in [-0.3, -0.25) is 19.4 Å². The number of nitrogens with zero attached hydrogens (tertiary/aromatic N) is 1. The number of H-pyrrole nitrogens is 1. The van der Waals surface area contributed by atoms with E-state index in [0.717, 1.165) is 0 Å². The first-order chi connectivity index (χ1) is 14.8. The lowest BCUT2D eigenvalue weighted by atomic mass is 9.92. The van der Waals surface area contributed by atoms with E-state index in [0.29, 0.717) is 26.4 Å². The molecule has 2 heterocycles. The monoisotopic (exact) mass is 477 g/mol. The van der Waals surface area contributed by atoms with Crippen LogP contribution in [0.4, 0.5) is 23.1 Å². The van der Waals surface area contributed by atoms with Crippen LogP contribution in [0, 0.1) is 0 Å². The fourth-order valence-electron chi connectivity index (χ4n) is 3.17. The second kappa shape index (κ2) is 8.58.